The molecule has 1 saturated heterocycles. The third-order valence-electron chi connectivity index (χ3n) is 3.63. The predicted octanol–water partition coefficient (Wildman–Crippen LogP) is 1.65. The first-order chi connectivity index (χ1) is 9.21. The summed E-state index contributed by atoms with van der Waals surface area (Å²) in [5.74, 6) is 1.60. The first kappa shape index (κ1) is 12.6. The first-order valence-corrected chi connectivity index (χ1v) is 7.44. The van der Waals surface area contributed by atoms with E-state index in [1.807, 2.05) is 0 Å². The van der Waals surface area contributed by atoms with Crippen LogP contribution < -0.4 is 10.6 Å². The SMILES string of the molecule is CCc1cc2c(N3CCC(CO)C3)nc(N)nc2s1. The lowest BCUT2D eigenvalue weighted by Gasteiger charge is -2.18. The number of nitrogens with two attached hydrogens (primary N) is 1. The van der Waals surface area contributed by atoms with E-state index in [1.54, 1.807) is 11.3 Å². The molecule has 5 nitrogen and oxygen atoms in total. The number of aliphatic hydroxyl groups is 1. The fourth-order valence-corrected chi connectivity index (χ4v) is 3.53. The molecular weight excluding hydrogens is 260 g/mol. The summed E-state index contributed by atoms with van der Waals surface area (Å²) >= 11 is 1.68. The summed E-state index contributed by atoms with van der Waals surface area (Å²) in [5, 5.41) is 10.4. The van der Waals surface area contributed by atoms with E-state index in [0.717, 1.165) is 42.0 Å². The van der Waals surface area contributed by atoms with Crippen LogP contribution in [0.25, 0.3) is 10.2 Å². The van der Waals surface area contributed by atoms with E-state index >= 15 is 0 Å². The molecule has 2 aromatic rings. The Labute approximate surface area is 116 Å². The second-order valence-electron chi connectivity index (χ2n) is 4.97. The summed E-state index contributed by atoms with van der Waals surface area (Å²) in [6.07, 6.45) is 2.01. The average Bonchev–Trinajstić information content (AvgIpc) is 3.03. The Hall–Kier alpha value is -1.40. The Morgan fingerprint density at radius 2 is 2.37 bits per heavy atom. The van der Waals surface area contributed by atoms with Gasteiger partial charge in [-0.1, -0.05) is 6.92 Å². The lowest BCUT2D eigenvalue weighted by molar-refractivity contribution is 0.238. The van der Waals surface area contributed by atoms with Crippen molar-refractivity contribution in [3.05, 3.63) is 10.9 Å². The van der Waals surface area contributed by atoms with Gasteiger partial charge in [0, 0.05) is 30.5 Å². The van der Waals surface area contributed by atoms with Gasteiger partial charge in [-0.2, -0.15) is 4.98 Å². The molecule has 3 heterocycles. The zero-order valence-electron chi connectivity index (χ0n) is 11.0. The molecule has 0 spiro atoms. The molecule has 6 heteroatoms. The Morgan fingerprint density at radius 3 is 3.05 bits per heavy atom. The maximum Gasteiger partial charge on any atom is 0.223 e. The number of thiophene rings is 1. The molecular formula is C13H18N4OS. The molecule has 2 aromatic heterocycles. The van der Waals surface area contributed by atoms with Gasteiger partial charge >= 0.3 is 0 Å². The molecule has 19 heavy (non-hydrogen) atoms. The lowest BCUT2D eigenvalue weighted by Crippen LogP contribution is -2.22. The number of fused-ring (bicyclic) bond motifs is 1. The molecule has 102 valence electrons. The Bertz CT molecular complexity index is 598. The van der Waals surface area contributed by atoms with Crippen molar-refractivity contribution in [2.45, 2.75) is 19.8 Å². The monoisotopic (exact) mass is 278 g/mol. The topological polar surface area (TPSA) is 75.3 Å². The van der Waals surface area contributed by atoms with Crippen molar-refractivity contribution >= 4 is 33.3 Å². The molecule has 1 aliphatic heterocycles. The van der Waals surface area contributed by atoms with Crippen molar-refractivity contribution in [3.8, 4) is 0 Å². The fraction of sp³-hybridized carbons (Fsp3) is 0.538. The molecule has 3 rings (SSSR count). The number of hydrogen-bond acceptors (Lipinski definition) is 6. The van der Waals surface area contributed by atoms with Crippen LogP contribution >= 0.6 is 11.3 Å². The van der Waals surface area contributed by atoms with Crippen LogP contribution in [0.1, 0.15) is 18.2 Å². The summed E-state index contributed by atoms with van der Waals surface area (Å²) in [7, 11) is 0. The fourth-order valence-electron chi connectivity index (χ4n) is 2.56. The second-order valence-corrected chi connectivity index (χ2v) is 6.09. The third-order valence-corrected chi connectivity index (χ3v) is 4.81. The smallest absolute Gasteiger partial charge is 0.223 e. The number of anilines is 2. The highest BCUT2D eigenvalue weighted by Gasteiger charge is 2.25. The van der Waals surface area contributed by atoms with Crippen LogP contribution in [0.3, 0.4) is 0 Å². The molecule has 1 atom stereocenters. The summed E-state index contributed by atoms with van der Waals surface area (Å²) in [4.78, 5) is 13.2. The van der Waals surface area contributed by atoms with Gasteiger partial charge in [0.1, 0.15) is 10.6 Å². The van der Waals surface area contributed by atoms with Crippen LogP contribution in [-0.2, 0) is 6.42 Å². The number of aryl methyl sites for hydroxylation is 1. The maximum atomic E-state index is 9.26. The highest BCUT2D eigenvalue weighted by atomic mass is 32.1. The van der Waals surface area contributed by atoms with Gasteiger partial charge in [-0.25, -0.2) is 4.98 Å². The third kappa shape index (κ3) is 2.26. The molecule has 0 aromatic carbocycles. The zero-order valence-corrected chi connectivity index (χ0v) is 11.8. The zero-order chi connectivity index (χ0) is 13.4. The van der Waals surface area contributed by atoms with Gasteiger partial charge in [0.2, 0.25) is 5.95 Å². The van der Waals surface area contributed by atoms with Gasteiger partial charge in [0.15, 0.2) is 0 Å². The van der Waals surface area contributed by atoms with Gasteiger partial charge < -0.3 is 15.7 Å². The van der Waals surface area contributed by atoms with E-state index in [0.29, 0.717) is 11.9 Å². The minimum atomic E-state index is 0.240. The molecule has 0 radical (unpaired) electrons. The minimum Gasteiger partial charge on any atom is -0.396 e. The number of rotatable bonds is 3. The molecule has 0 bridgehead atoms. The van der Waals surface area contributed by atoms with Crippen molar-refractivity contribution in [1.29, 1.82) is 0 Å². The lowest BCUT2D eigenvalue weighted by atomic mass is 10.1. The van der Waals surface area contributed by atoms with E-state index in [4.69, 9.17) is 5.73 Å². The van der Waals surface area contributed by atoms with E-state index in [2.05, 4.69) is 27.9 Å². The summed E-state index contributed by atoms with van der Waals surface area (Å²) in [6, 6.07) is 2.17. The average molecular weight is 278 g/mol. The van der Waals surface area contributed by atoms with Crippen molar-refractivity contribution in [3.63, 3.8) is 0 Å². The van der Waals surface area contributed by atoms with Crippen LogP contribution in [0.5, 0.6) is 0 Å². The Balaban J connectivity index is 2.04. The van der Waals surface area contributed by atoms with Gasteiger partial charge in [-0.15, -0.1) is 11.3 Å². The molecule has 1 fully saturated rings. The van der Waals surface area contributed by atoms with Crippen LogP contribution in [0.4, 0.5) is 11.8 Å². The standard InChI is InChI=1S/C13H18N4OS/c1-2-9-5-10-11(15-13(14)16-12(10)19-9)17-4-3-8(6-17)7-18/h5,8,18H,2-4,6-7H2,1H3,(H2,14,15,16). The number of aromatic nitrogens is 2. The van der Waals surface area contributed by atoms with Crippen molar-refractivity contribution < 1.29 is 5.11 Å². The van der Waals surface area contributed by atoms with Crippen LogP contribution in [-0.4, -0.2) is 34.8 Å². The highest BCUT2D eigenvalue weighted by molar-refractivity contribution is 7.18. The Morgan fingerprint density at radius 1 is 1.53 bits per heavy atom. The molecule has 0 saturated carbocycles. The quantitative estimate of drug-likeness (QED) is 0.893. The van der Waals surface area contributed by atoms with E-state index < -0.39 is 0 Å². The number of nitrogens with zero attached hydrogens (tertiary/aromatic N) is 3. The molecule has 0 amide bonds. The summed E-state index contributed by atoms with van der Waals surface area (Å²) in [6.45, 7) is 4.15. The minimum absolute atomic E-state index is 0.240. The molecule has 1 unspecified atom stereocenters. The predicted molar refractivity (Wildman–Crippen MR) is 78.6 cm³/mol. The van der Waals surface area contributed by atoms with Gasteiger partial charge in [0.25, 0.3) is 0 Å². The normalized spacial score (nSPS) is 19.5. The Kier molecular flexibility index (Phi) is 3.28. The molecule has 1 aliphatic rings. The summed E-state index contributed by atoms with van der Waals surface area (Å²) < 4.78 is 0. The number of aliphatic hydroxyl groups excluding tert-OH is 1. The first-order valence-electron chi connectivity index (χ1n) is 6.63. The largest absolute Gasteiger partial charge is 0.396 e. The maximum absolute atomic E-state index is 9.26. The highest BCUT2D eigenvalue weighted by Crippen LogP contribution is 2.34. The van der Waals surface area contributed by atoms with Crippen LogP contribution in [0.2, 0.25) is 0 Å². The van der Waals surface area contributed by atoms with E-state index in [9.17, 15) is 5.11 Å². The number of hydrogen-bond donors (Lipinski definition) is 2. The van der Waals surface area contributed by atoms with Crippen LogP contribution in [0, 0.1) is 5.92 Å². The second kappa shape index (κ2) is 4.94. The van der Waals surface area contributed by atoms with Gasteiger partial charge in [0.05, 0.1) is 5.39 Å². The van der Waals surface area contributed by atoms with Crippen molar-refractivity contribution in [2.24, 2.45) is 5.92 Å². The molecule has 3 N–H and O–H groups in total. The van der Waals surface area contributed by atoms with E-state index in [-0.39, 0.29) is 6.61 Å². The number of nitrogen functional groups attached to an aromatic ring is 1. The van der Waals surface area contributed by atoms with E-state index in [1.165, 1.54) is 4.88 Å². The van der Waals surface area contributed by atoms with Crippen LogP contribution in [0.15, 0.2) is 6.07 Å². The van der Waals surface area contributed by atoms with Gasteiger partial charge in [-0.3, -0.25) is 0 Å². The van der Waals surface area contributed by atoms with Crippen molar-refractivity contribution in [2.75, 3.05) is 30.3 Å². The summed E-state index contributed by atoms with van der Waals surface area (Å²) in [5.41, 5.74) is 5.82. The van der Waals surface area contributed by atoms with Gasteiger partial charge in [-0.05, 0) is 18.9 Å². The van der Waals surface area contributed by atoms with Crippen molar-refractivity contribution in [1.82, 2.24) is 9.97 Å². The molecule has 0 aliphatic carbocycles.